The van der Waals surface area contributed by atoms with Crippen molar-refractivity contribution in [3.8, 4) is 0 Å². The Hall–Kier alpha value is -1.64. The van der Waals surface area contributed by atoms with Crippen LogP contribution in [-0.2, 0) is 21.2 Å². The maximum absolute atomic E-state index is 12.3. The number of ether oxygens (including phenoxy) is 1. The Morgan fingerprint density at radius 3 is 2.96 bits per heavy atom. The highest BCUT2D eigenvalue weighted by Crippen LogP contribution is 2.27. The zero-order chi connectivity index (χ0) is 19.1. The van der Waals surface area contributed by atoms with Gasteiger partial charge in [0.15, 0.2) is 5.96 Å². The SMILES string of the molecule is CCNC(=NCCS(=O)(=O)NCC1CCCCO1)N1CCc2ccccc21. The van der Waals surface area contributed by atoms with Gasteiger partial charge < -0.3 is 15.0 Å². The van der Waals surface area contributed by atoms with Crippen LogP contribution >= 0.6 is 0 Å². The van der Waals surface area contributed by atoms with Gasteiger partial charge in [0.2, 0.25) is 10.0 Å². The average Bonchev–Trinajstić information content (AvgIpc) is 3.11. The number of nitrogens with zero attached hydrogens (tertiary/aromatic N) is 2. The van der Waals surface area contributed by atoms with Crippen molar-refractivity contribution < 1.29 is 13.2 Å². The molecule has 0 aromatic heterocycles. The molecule has 2 aliphatic heterocycles. The van der Waals surface area contributed by atoms with Crippen molar-refractivity contribution in [2.24, 2.45) is 4.99 Å². The number of benzene rings is 1. The number of sulfonamides is 1. The highest BCUT2D eigenvalue weighted by atomic mass is 32.2. The van der Waals surface area contributed by atoms with Crippen LogP contribution in [0.2, 0.25) is 0 Å². The third-order valence-electron chi connectivity index (χ3n) is 4.90. The van der Waals surface area contributed by atoms with Crippen LogP contribution in [0, 0.1) is 0 Å². The number of aliphatic imine (C=N–C) groups is 1. The van der Waals surface area contributed by atoms with Crippen LogP contribution in [-0.4, -0.2) is 59.0 Å². The summed E-state index contributed by atoms with van der Waals surface area (Å²) in [5.74, 6) is 0.720. The minimum absolute atomic E-state index is 0.00422. The predicted octanol–water partition coefficient (Wildman–Crippen LogP) is 1.50. The van der Waals surface area contributed by atoms with Gasteiger partial charge in [-0.1, -0.05) is 18.2 Å². The van der Waals surface area contributed by atoms with Gasteiger partial charge in [0.1, 0.15) is 0 Å². The number of fused-ring (bicyclic) bond motifs is 1. The molecule has 2 heterocycles. The maximum Gasteiger partial charge on any atom is 0.213 e. The molecule has 0 amide bonds. The molecule has 0 spiro atoms. The lowest BCUT2D eigenvalue weighted by molar-refractivity contribution is 0.0200. The lowest BCUT2D eigenvalue weighted by Gasteiger charge is -2.23. The highest BCUT2D eigenvalue weighted by Gasteiger charge is 2.23. The molecule has 1 unspecified atom stereocenters. The molecule has 0 aliphatic carbocycles. The van der Waals surface area contributed by atoms with E-state index in [0.29, 0.717) is 6.54 Å². The van der Waals surface area contributed by atoms with E-state index in [4.69, 9.17) is 4.74 Å². The summed E-state index contributed by atoms with van der Waals surface area (Å²) in [5, 5.41) is 3.28. The first-order valence-corrected chi connectivity index (χ1v) is 11.5. The summed E-state index contributed by atoms with van der Waals surface area (Å²) >= 11 is 0. The van der Waals surface area contributed by atoms with Gasteiger partial charge in [-0.15, -0.1) is 0 Å². The zero-order valence-corrected chi connectivity index (χ0v) is 16.8. The quantitative estimate of drug-likeness (QED) is 0.541. The van der Waals surface area contributed by atoms with Crippen molar-refractivity contribution >= 4 is 21.7 Å². The molecular formula is C19H30N4O3S. The molecule has 0 saturated carbocycles. The van der Waals surface area contributed by atoms with E-state index >= 15 is 0 Å². The van der Waals surface area contributed by atoms with Crippen LogP contribution in [0.1, 0.15) is 31.7 Å². The van der Waals surface area contributed by atoms with E-state index in [9.17, 15) is 8.42 Å². The predicted molar refractivity (Wildman–Crippen MR) is 109 cm³/mol. The Balaban J connectivity index is 1.55. The largest absolute Gasteiger partial charge is 0.377 e. The monoisotopic (exact) mass is 394 g/mol. The molecule has 7 nitrogen and oxygen atoms in total. The van der Waals surface area contributed by atoms with Crippen molar-refractivity contribution in [2.45, 2.75) is 38.7 Å². The third kappa shape index (κ3) is 5.67. The Morgan fingerprint density at radius 1 is 1.33 bits per heavy atom. The first-order chi connectivity index (χ1) is 13.1. The zero-order valence-electron chi connectivity index (χ0n) is 16.0. The summed E-state index contributed by atoms with van der Waals surface area (Å²) in [6, 6.07) is 8.27. The molecule has 1 saturated heterocycles. The van der Waals surface area contributed by atoms with E-state index in [1.54, 1.807) is 0 Å². The van der Waals surface area contributed by atoms with Crippen LogP contribution in [0.3, 0.4) is 0 Å². The highest BCUT2D eigenvalue weighted by molar-refractivity contribution is 7.89. The molecule has 0 bridgehead atoms. The number of rotatable bonds is 7. The summed E-state index contributed by atoms with van der Waals surface area (Å²) in [6.45, 7) is 4.91. The van der Waals surface area contributed by atoms with Gasteiger partial charge in [-0.2, -0.15) is 0 Å². The van der Waals surface area contributed by atoms with Crippen molar-refractivity contribution in [2.75, 3.05) is 43.4 Å². The summed E-state index contributed by atoms with van der Waals surface area (Å²) in [4.78, 5) is 6.69. The molecule has 27 heavy (non-hydrogen) atoms. The summed E-state index contributed by atoms with van der Waals surface area (Å²) in [6.07, 6.45) is 4.04. The van der Waals surface area contributed by atoms with E-state index in [1.807, 2.05) is 19.1 Å². The van der Waals surface area contributed by atoms with E-state index in [2.05, 4.69) is 32.1 Å². The number of guanidine groups is 1. The van der Waals surface area contributed by atoms with Crippen LogP contribution in [0.25, 0.3) is 0 Å². The molecule has 1 fully saturated rings. The van der Waals surface area contributed by atoms with Crippen LogP contribution in [0.15, 0.2) is 29.3 Å². The molecule has 150 valence electrons. The molecule has 1 atom stereocenters. The van der Waals surface area contributed by atoms with Gasteiger partial charge in [-0.25, -0.2) is 13.1 Å². The van der Waals surface area contributed by atoms with Gasteiger partial charge in [-0.3, -0.25) is 4.99 Å². The third-order valence-corrected chi connectivity index (χ3v) is 6.23. The lowest BCUT2D eigenvalue weighted by atomic mass is 10.1. The summed E-state index contributed by atoms with van der Waals surface area (Å²) < 4.78 is 32.8. The van der Waals surface area contributed by atoms with E-state index in [0.717, 1.165) is 57.0 Å². The Morgan fingerprint density at radius 2 is 2.19 bits per heavy atom. The number of para-hydroxylation sites is 1. The first kappa shape index (κ1) is 20.1. The first-order valence-electron chi connectivity index (χ1n) is 9.82. The van der Waals surface area contributed by atoms with Gasteiger partial charge >= 0.3 is 0 Å². The molecule has 3 rings (SSSR count). The maximum atomic E-state index is 12.3. The van der Waals surface area contributed by atoms with E-state index < -0.39 is 10.0 Å². The molecular weight excluding hydrogens is 364 g/mol. The number of hydrogen-bond donors (Lipinski definition) is 2. The Kier molecular flexibility index (Phi) is 7.09. The van der Waals surface area contributed by atoms with Crippen LogP contribution in [0.5, 0.6) is 0 Å². The topological polar surface area (TPSA) is 83.0 Å². The van der Waals surface area contributed by atoms with Crippen molar-refractivity contribution in [3.63, 3.8) is 0 Å². The molecule has 1 aromatic carbocycles. The minimum atomic E-state index is -3.36. The molecule has 8 heteroatoms. The second-order valence-corrected chi connectivity index (χ2v) is 8.85. The number of hydrogen-bond acceptors (Lipinski definition) is 4. The van der Waals surface area contributed by atoms with E-state index in [1.165, 1.54) is 5.56 Å². The van der Waals surface area contributed by atoms with Gasteiger partial charge in [0.25, 0.3) is 0 Å². The summed E-state index contributed by atoms with van der Waals surface area (Å²) in [5.41, 5.74) is 2.44. The average molecular weight is 395 g/mol. The second kappa shape index (κ2) is 9.52. The fourth-order valence-electron chi connectivity index (χ4n) is 3.49. The minimum Gasteiger partial charge on any atom is -0.377 e. The molecule has 2 N–H and O–H groups in total. The smallest absolute Gasteiger partial charge is 0.213 e. The fraction of sp³-hybridized carbons (Fsp3) is 0.632. The normalized spacial score (nSPS) is 20.6. The van der Waals surface area contributed by atoms with Gasteiger partial charge in [0.05, 0.1) is 18.4 Å². The van der Waals surface area contributed by atoms with Crippen LogP contribution in [0.4, 0.5) is 5.69 Å². The molecule has 2 aliphatic rings. The van der Waals surface area contributed by atoms with Crippen molar-refractivity contribution in [1.29, 1.82) is 0 Å². The summed E-state index contributed by atoms with van der Waals surface area (Å²) in [7, 11) is -3.36. The van der Waals surface area contributed by atoms with Crippen molar-refractivity contribution in [3.05, 3.63) is 29.8 Å². The lowest BCUT2D eigenvalue weighted by Crippen LogP contribution is -2.41. The standard InChI is InChI=1S/C19H30N4O3S/c1-2-20-19(23-12-10-16-7-3-4-9-18(16)23)21-11-14-27(24,25)22-15-17-8-5-6-13-26-17/h3-4,7,9,17,22H,2,5-6,8,10-15H2,1H3,(H,20,21). The number of anilines is 1. The Bertz CT molecular complexity index is 745. The fourth-order valence-corrected chi connectivity index (χ4v) is 4.40. The molecule has 0 radical (unpaired) electrons. The number of nitrogens with one attached hydrogen (secondary N) is 2. The Labute approximate surface area is 162 Å². The second-order valence-electron chi connectivity index (χ2n) is 6.92. The van der Waals surface area contributed by atoms with Gasteiger partial charge in [0, 0.05) is 31.9 Å². The van der Waals surface area contributed by atoms with Gasteiger partial charge in [-0.05, 0) is 44.2 Å². The van der Waals surface area contributed by atoms with E-state index in [-0.39, 0.29) is 18.4 Å². The molecule has 1 aromatic rings. The van der Waals surface area contributed by atoms with Crippen LogP contribution < -0.4 is 14.9 Å². The van der Waals surface area contributed by atoms with Crippen molar-refractivity contribution in [1.82, 2.24) is 10.0 Å².